The first-order valence-electron chi connectivity index (χ1n) is 5.15. The number of pyridine rings is 1. The van der Waals surface area contributed by atoms with Crippen LogP contribution in [-0.4, -0.2) is 11.6 Å². The van der Waals surface area contributed by atoms with Crippen molar-refractivity contribution in [2.75, 3.05) is 6.61 Å². The second-order valence-corrected chi connectivity index (χ2v) is 3.21. The number of ether oxygens (including phenoxy) is 1. The van der Waals surface area contributed by atoms with Gasteiger partial charge in [0.25, 0.3) is 0 Å². The van der Waals surface area contributed by atoms with Gasteiger partial charge in [0, 0.05) is 12.7 Å². The smallest absolute Gasteiger partial charge is 0.142 e. The van der Waals surface area contributed by atoms with Gasteiger partial charge in [-0.05, 0) is 18.6 Å². The quantitative estimate of drug-likeness (QED) is 0.705. The molecule has 3 heteroatoms. The Morgan fingerprint density at radius 2 is 2.29 bits per heavy atom. The van der Waals surface area contributed by atoms with Gasteiger partial charge in [-0.3, -0.25) is 4.98 Å². The lowest BCUT2D eigenvalue weighted by Crippen LogP contribution is -2.05. The summed E-state index contributed by atoms with van der Waals surface area (Å²) in [5, 5.41) is 0. The van der Waals surface area contributed by atoms with Crippen LogP contribution in [0.15, 0.2) is 18.3 Å². The summed E-state index contributed by atoms with van der Waals surface area (Å²) in [5.74, 6) is 0.825. The minimum absolute atomic E-state index is 0.434. The lowest BCUT2D eigenvalue weighted by Gasteiger charge is -2.08. The van der Waals surface area contributed by atoms with Gasteiger partial charge in [0.1, 0.15) is 5.75 Å². The largest absolute Gasteiger partial charge is 0.492 e. The zero-order valence-electron chi connectivity index (χ0n) is 8.70. The van der Waals surface area contributed by atoms with Gasteiger partial charge in [-0.2, -0.15) is 0 Å². The Kier molecular flexibility index (Phi) is 5.00. The zero-order chi connectivity index (χ0) is 10.2. The summed E-state index contributed by atoms with van der Waals surface area (Å²) >= 11 is 0. The van der Waals surface area contributed by atoms with Crippen molar-refractivity contribution in [2.45, 2.75) is 32.7 Å². The van der Waals surface area contributed by atoms with Gasteiger partial charge in [-0.15, -0.1) is 0 Å². The Balaban J connectivity index is 2.41. The molecule has 1 heterocycles. The molecule has 2 N–H and O–H groups in total. The highest BCUT2D eigenvalue weighted by Crippen LogP contribution is 2.14. The fraction of sp³-hybridized carbons (Fsp3) is 0.545. The van der Waals surface area contributed by atoms with E-state index in [1.165, 1.54) is 12.8 Å². The van der Waals surface area contributed by atoms with E-state index in [-0.39, 0.29) is 0 Å². The van der Waals surface area contributed by atoms with Gasteiger partial charge < -0.3 is 10.5 Å². The van der Waals surface area contributed by atoms with E-state index in [1.54, 1.807) is 6.20 Å². The van der Waals surface area contributed by atoms with Crippen LogP contribution in [0.25, 0.3) is 0 Å². The molecule has 0 atom stereocenters. The van der Waals surface area contributed by atoms with E-state index < -0.39 is 0 Å². The first-order chi connectivity index (χ1) is 6.88. The van der Waals surface area contributed by atoms with Crippen molar-refractivity contribution in [3.05, 3.63) is 24.0 Å². The van der Waals surface area contributed by atoms with E-state index >= 15 is 0 Å². The molecule has 0 bridgehead atoms. The number of nitrogens with zero attached hydrogens (tertiary/aromatic N) is 1. The second-order valence-electron chi connectivity index (χ2n) is 3.21. The van der Waals surface area contributed by atoms with Crippen LogP contribution < -0.4 is 10.5 Å². The van der Waals surface area contributed by atoms with Crippen LogP contribution in [0.5, 0.6) is 5.75 Å². The first-order valence-corrected chi connectivity index (χ1v) is 5.15. The minimum Gasteiger partial charge on any atom is -0.492 e. The van der Waals surface area contributed by atoms with E-state index in [1.807, 2.05) is 12.1 Å². The molecule has 0 spiro atoms. The third-order valence-electron chi connectivity index (χ3n) is 2.05. The van der Waals surface area contributed by atoms with Crippen LogP contribution in [0, 0.1) is 0 Å². The molecule has 14 heavy (non-hydrogen) atoms. The number of rotatable bonds is 6. The van der Waals surface area contributed by atoms with Gasteiger partial charge in [0.05, 0.1) is 12.3 Å². The molecule has 78 valence electrons. The van der Waals surface area contributed by atoms with E-state index in [2.05, 4.69) is 11.9 Å². The molecule has 0 aromatic carbocycles. The lowest BCUT2D eigenvalue weighted by molar-refractivity contribution is 0.301. The van der Waals surface area contributed by atoms with Gasteiger partial charge in [-0.25, -0.2) is 0 Å². The molecule has 0 saturated carbocycles. The predicted molar refractivity (Wildman–Crippen MR) is 57.1 cm³/mol. The molecular formula is C11H18N2O. The Bertz CT molecular complexity index is 263. The fourth-order valence-corrected chi connectivity index (χ4v) is 1.24. The Hall–Kier alpha value is -1.09. The molecule has 0 fully saturated rings. The Morgan fingerprint density at radius 3 is 3.00 bits per heavy atom. The van der Waals surface area contributed by atoms with Gasteiger partial charge in [0.2, 0.25) is 0 Å². The summed E-state index contributed by atoms with van der Waals surface area (Å²) in [6, 6.07) is 3.79. The standard InChI is InChI=1S/C11H18N2O/c1-2-3-4-8-14-11-6-5-7-13-10(11)9-12/h5-7H,2-4,8-9,12H2,1H3. The summed E-state index contributed by atoms with van der Waals surface area (Å²) in [6.07, 6.45) is 5.24. The molecule has 1 aromatic heterocycles. The monoisotopic (exact) mass is 194 g/mol. The molecule has 0 aliphatic heterocycles. The van der Waals surface area contributed by atoms with Crippen LogP contribution in [0.4, 0.5) is 0 Å². The van der Waals surface area contributed by atoms with Crippen molar-refractivity contribution >= 4 is 0 Å². The second kappa shape index (κ2) is 6.38. The predicted octanol–water partition coefficient (Wildman–Crippen LogP) is 2.11. The Labute approximate surface area is 85.3 Å². The summed E-state index contributed by atoms with van der Waals surface area (Å²) < 4.78 is 5.59. The van der Waals surface area contributed by atoms with Crippen LogP contribution >= 0.6 is 0 Å². The maximum absolute atomic E-state index is 5.59. The highest BCUT2D eigenvalue weighted by molar-refractivity contribution is 5.26. The molecule has 0 aliphatic rings. The van der Waals surface area contributed by atoms with E-state index in [4.69, 9.17) is 10.5 Å². The number of aromatic nitrogens is 1. The average molecular weight is 194 g/mol. The number of hydrogen-bond acceptors (Lipinski definition) is 3. The molecule has 0 radical (unpaired) electrons. The number of unbranched alkanes of at least 4 members (excludes halogenated alkanes) is 2. The maximum Gasteiger partial charge on any atom is 0.142 e. The van der Waals surface area contributed by atoms with E-state index in [0.717, 1.165) is 24.5 Å². The SMILES string of the molecule is CCCCCOc1cccnc1CN. The van der Waals surface area contributed by atoms with Gasteiger partial charge >= 0.3 is 0 Å². The summed E-state index contributed by atoms with van der Waals surface area (Å²) in [7, 11) is 0. The maximum atomic E-state index is 5.59. The topological polar surface area (TPSA) is 48.1 Å². The normalized spacial score (nSPS) is 10.1. The highest BCUT2D eigenvalue weighted by Gasteiger charge is 2.01. The number of nitrogens with two attached hydrogens (primary N) is 1. The highest BCUT2D eigenvalue weighted by atomic mass is 16.5. The molecule has 0 amide bonds. The van der Waals surface area contributed by atoms with Crippen molar-refractivity contribution < 1.29 is 4.74 Å². The van der Waals surface area contributed by atoms with Crippen molar-refractivity contribution in [1.29, 1.82) is 0 Å². The zero-order valence-corrected chi connectivity index (χ0v) is 8.70. The van der Waals surface area contributed by atoms with Crippen molar-refractivity contribution in [3.63, 3.8) is 0 Å². The van der Waals surface area contributed by atoms with Gasteiger partial charge in [-0.1, -0.05) is 19.8 Å². The van der Waals surface area contributed by atoms with Crippen LogP contribution in [0.3, 0.4) is 0 Å². The van der Waals surface area contributed by atoms with Crippen molar-refractivity contribution in [3.8, 4) is 5.75 Å². The van der Waals surface area contributed by atoms with Crippen molar-refractivity contribution in [2.24, 2.45) is 5.73 Å². The Morgan fingerprint density at radius 1 is 1.43 bits per heavy atom. The molecule has 0 unspecified atom stereocenters. The molecule has 1 aromatic rings. The third-order valence-corrected chi connectivity index (χ3v) is 2.05. The third kappa shape index (κ3) is 3.34. The molecule has 0 aliphatic carbocycles. The molecule has 3 nitrogen and oxygen atoms in total. The van der Waals surface area contributed by atoms with E-state index in [9.17, 15) is 0 Å². The van der Waals surface area contributed by atoms with Crippen LogP contribution in [0.2, 0.25) is 0 Å². The van der Waals surface area contributed by atoms with Crippen molar-refractivity contribution in [1.82, 2.24) is 4.98 Å². The van der Waals surface area contributed by atoms with E-state index in [0.29, 0.717) is 6.54 Å². The fourth-order valence-electron chi connectivity index (χ4n) is 1.24. The van der Waals surface area contributed by atoms with Crippen LogP contribution in [-0.2, 0) is 6.54 Å². The molecule has 0 saturated heterocycles. The first kappa shape index (κ1) is 11.0. The summed E-state index contributed by atoms with van der Waals surface area (Å²) in [6.45, 7) is 3.37. The molecule has 1 rings (SSSR count). The minimum atomic E-state index is 0.434. The molecular weight excluding hydrogens is 176 g/mol. The lowest BCUT2D eigenvalue weighted by atomic mass is 10.2. The average Bonchev–Trinajstić information content (AvgIpc) is 2.25. The summed E-state index contributed by atoms with van der Waals surface area (Å²) in [5.41, 5.74) is 6.38. The summed E-state index contributed by atoms with van der Waals surface area (Å²) in [4.78, 5) is 4.15. The van der Waals surface area contributed by atoms with Crippen LogP contribution in [0.1, 0.15) is 31.9 Å². The number of hydrogen-bond donors (Lipinski definition) is 1. The van der Waals surface area contributed by atoms with Gasteiger partial charge in [0.15, 0.2) is 0 Å².